The van der Waals surface area contributed by atoms with Crippen LogP contribution in [0.1, 0.15) is 47.6 Å². The van der Waals surface area contributed by atoms with E-state index in [4.69, 9.17) is 0 Å². The molecule has 0 unspecified atom stereocenters. The molecule has 1 atom stereocenters. The highest BCUT2D eigenvalue weighted by atomic mass is 79.9. The first-order valence-corrected chi connectivity index (χ1v) is 14.8. The van der Waals surface area contributed by atoms with Crippen molar-refractivity contribution in [1.29, 1.82) is 0 Å². The van der Waals surface area contributed by atoms with E-state index in [-0.39, 0.29) is 11.8 Å². The van der Waals surface area contributed by atoms with E-state index in [1.807, 2.05) is 54.6 Å². The van der Waals surface area contributed by atoms with Crippen LogP contribution in [0.4, 0.5) is 0 Å². The van der Waals surface area contributed by atoms with Crippen molar-refractivity contribution in [2.75, 3.05) is 12.3 Å². The van der Waals surface area contributed by atoms with E-state index in [1.54, 1.807) is 16.7 Å². The minimum absolute atomic E-state index is 0.0269. The van der Waals surface area contributed by atoms with E-state index in [0.29, 0.717) is 25.3 Å². The van der Waals surface area contributed by atoms with Gasteiger partial charge in [-0.1, -0.05) is 101 Å². The van der Waals surface area contributed by atoms with E-state index in [2.05, 4.69) is 60.2 Å². The van der Waals surface area contributed by atoms with Crippen molar-refractivity contribution >= 4 is 39.5 Å². The number of benzene rings is 3. The quantitative estimate of drug-likeness (QED) is 0.225. The molecule has 3 aromatic rings. The molecule has 2 amide bonds. The van der Waals surface area contributed by atoms with Crippen LogP contribution in [0, 0.1) is 13.8 Å². The monoisotopic (exact) mass is 580 g/mol. The van der Waals surface area contributed by atoms with Crippen molar-refractivity contribution in [3.8, 4) is 0 Å². The second-order valence-corrected chi connectivity index (χ2v) is 11.4. The molecule has 37 heavy (non-hydrogen) atoms. The van der Waals surface area contributed by atoms with E-state index < -0.39 is 6.04 Å². The Bertz CT molecular complexity index is 1150. The highest BCUT2D eigenvalue weighted by Crippen LogP contribution is 2.21. The number of halogens is 1. The average molecular weight is 582 g/mol. The van der Waals surface area contributed by atoms with Gasteiger partial charge in [-0.3, -0.25) is 9.59 Å². The summed E-state index contributed by atoms with van der Waals surface area (Å²) in [6.07, 6.45) is 2.38. The Morgan fingerprint density at radius 3 is 2.30 bits per heavy atom. The Kier molecular flexibility index (Phi) is 11.7. The number of rotatable bonds is 13. The molecule has 0 spiro atoms. The molecule has 0 aliphatic carbocycles. The largest absolute Gasteiger partial charge is 0.354 e. The van der Waals surface area contributed by atoms with Crippen LogP contribution < -0.4 is 5.32 Å². The van der Waals surface area contributed by atoms with Crippen LogP contribution in [0.3, 0.4) is 0 Å². The first-order valence-electron chi connectivity index (χ1n) is 12.9. The zero-order valence-corrected chi connectivity index (χ0v) is 24.4. The fraction of sp³-hybridized carbons (Fsp3) is 0.355. The molecule has 0 aliphatic heterocycles. The van der Waals surface area contributed by atoms with Crippen molar-refractivity contribution in [1.82, 2.24) is 10.2 Å². The summed E-state index contributed by atoms with van der Waals surface area (Å²) in [5.41, 5.74) is 5.69. The van der Waals surface area contributed by atoms with Crippen LogP contribution in [-0.4, -0.2) is 35.1 Å². The predicted octanol–water partition coefficient (Wildman–Crippen LogP) is 6.86. The lowest BCUT2D eigenvalue weighted by Crippen LogP contribution is -2.51. The van der Waals surface area contributed by atoms with Crippen molar-refractivity contribution < 1.29 is 9.59 Å². The minimum atomic E-state index is -0.590. The maximum Gasteiger partial charge on any atom is 0.243 e. The number of nitrogens with one attached hydrogen (secondary N) is 1. The molecule has 6 heteroatoms. The number of hydrogen-bond donors (Lipinski definition) is 1. The van der Waals surface area contributed by atoms with Gasteiger partial charge < -0.3 is 10.2 Å². The Labute approximate surface area is 234 Å². The van der Waals surface area contributed by atoms with Gasteiger partial charge >= 0.3 is 0 Å². The summed E-state index contributed by atoms with van der Waals surface area (Å²) in [4.78, 5) is 29.0. The van der Waals surface area contributed by atoms with E-state index in [1.165, 1.54) is 16.7 Å². The van der Waals surface area contributed by atoms with E-state index >= 15 is 0 Å². The molecule has 1 N–H and O–H groups in total. The SMILES string of the molecule is CCCCNC(=O)[C@@H](Cc1ccccc1)N(Cc1cccc(Br)c1)C(=O)CSCc1cc(C)cc(C)c1. The normalized spacial score (nSPS) is 11.7. The van der Waals surface area contributed by atoms with Gasteiger partial charge in [0.25, 0.3) is 0 Å². The molecule has 0 heterocycles. The first-order chi connectivity index (χ1) is 17.9. The van der Waals surface area contributed by atoms with Gasteiger partial charge in [0.1, 0.15) is 6.04 Å². The van der Waals surface area contributed by atoms with Gasteiger partial charge in [0.15, 0.2) is 0 Å². The molecule has 0 saturated carbocycles. The number of aryl methyl sites for hydroxylation is 2. The van der Waals surface area contributed by atoms with Crippen LogP contribution in [0.2, 0.25) is 0 Å². The summed E-state index contributed by atoms with van der Waals surface area (Å²) in [6, 6.07) is 23.8. The Balaban J connectivity index is 1.83. The fourth-order valence-corrected chi connectivity index (χ4v) is 5.68. The third-order valence-electron chi connectivity index (χ3n) is 6.12. The summed E-state index contributed by atoms with van der Waals surface area (Å²) < 4.78 is 0.952. The molecule has 3 rings (SSSR count). The zero-order valence-electron chi connectivity index (χ0n) is 22.0. The second-order valence-electron chi connectivity index (χ2n) is 9.49. The first kappa shape index (κ1) is 29.0. The lowest BCUT2D eigenvalue weighted by molar-refractivity contribution is -0.139. The summed E-state index contributed by atoms with van der Waals surface area (Å²) in [5, 5.41) is 3.08. The molecule has 0 aromatic heterocycles. The summed E-state index contributed by atoms with van der Waals surface area (Å²) >= 11 is 5.14. The maximum atomic E-state index is 13.7. The van der Waals surface area contributed by atoms with Crippen molar-refractivity contribution in [2.24, 2.45) is 0 Å². The fourth-order valence-electron chi connectivity index (χ4n) is 4.38. The Morgan fingerprint density at radius 1 is 0.919 bits per heavy atom. The van der Waals surface area contributed by atoms with Gasteiger partial charge in [-0.05, 0) is 49.1 Å². The number of hydrogen-bond acceptors (Lipinski definition) is 3. The molecule has 0 bridgehead atoms. The number of nitrogens with zero attached hydrogens (tertiary/aromatic N) is 1. The number of carbonyl (C=O) groups excluding carboxylic acids is 2. The van der Waals surface area contributed by atoms with Gasteiger partial charge in [0.05, 0.1) is 5.75 Å². The maximum absolute atomic E-state index is 13.7. The summed E-state index contributed by atoms with van der Waals surface area (Å²) in [7, 11) is 0. The van der Waals surface area contributed by atoms with Crippen molar-refractivity contribution in [3.05, 3.63) is 105 Å². The van der Waals surface area contributed by atoms with Crippen LogP contribution in [0.5, 0.6) is 0 Å². The third kappa shape index (κ3) is 9.67. The number of amides is 2. The Hall–Kier alpha value is -2.57. The minimum Gasteiger partial charge on any atom is -0.354 e. The third-order valence-corrected chi connectivity index (χ3v) is 7.60. The zero-order chi connectivity index (χ0) is 26.6. The Morgan fingerprint density at radius 2 is 1.62 bits per heavy atom. The molecule has 196 valence electrons. The predicted molar refractivity (Wildman–Crippen MR) is 159 cm³/mol. The lowest BCUT2D eigenvalue weighted by atomic mass is 10.0. The summed E-state index contributed by atoms with van der Waals surface area (Å²) in [6.45, 7) is 7.28. The van der Waals surface area contributed by atoms with Crippen LogP contribution in [0.15, 0.2) is 77.3 Å². The number of thioether (sulfide) groups is 1. The average Bonchev–Trinajstić information content (AvgIpc) is 2.86. The molecule has 0 saturated heterocycles. The highest BCUT2D eigenvalue weighted by Gasteiger charge is 2.30. The van der Waals surface area contributed by atoms with Gasteiger partial charge in [-0.15, -0.1) is 11.8 Å². The molecular formula is C31H37BrN2O2S. The number of unbranched alkanes of at least 4 members (excludes halogenated alkanes) is 1. The molecule has 3 aromatic carbocycles. The standard InChI is InChI=1S/C31H37BrN2O2S/c1-4-5-14-33-31(36)29(19-25-10-7-6-8-11-25)34(20-26-12-9-13-28(32)18-26)30(35)22-37-21-27-16-23(2)15-24(3)17-27/h6-13,15-18,29H,4-5,14,19-22H2,1-3H3,(H,33,36)/t29-/m1/s1. The molecule has 0 radical (unpaired) electrons. The molecule has 0 aliphatic rings. The van der Waals surface area contributed by atoms with Crippen molar-refractivity contribution in [3.63, 3.8) is 0 Å². The van der Waals surface area contributed by atoms with Gasteiger partial charge in [0.2, 0.25) is 11.8 Å². The van der Waals surface area contributed by atoms with E-state index in [9.17, 15) is 9.59 Å². The smallest absolute Gasteiger partial charge is 0.243 e. The lowest BCUT2D eigenvalue weighted by Gasteiger charge is -2.31. The second kappa shape index (κ2) is 15.0. The molecule has 0 fully saturated rings. The van der Waals surface area contributed by atoms with Crippen LogP contribution in [-0.2, 0) is 28.3 Å². The van der Waals surface area contributed by atoms with Crippen LogP contribution >= 0.6 is 27.7 Å². The topological polar surface area (TPSA) is 49.4 Å². The van der Waals surface area contributed by atoms with Crippen molar-refractivity contribution in [2.45, 2.75) is 58.4 Å². The molecule has 4 nitrogen and oxygen atoms in total. The van der Waals surface area contributed by atoms with Gasteiger partial charge in [-0.25, -0.2) is 0 Å². The van der Waals surface area contributed by atoms with Gasteiger partial charge in [-0.2, -0.15) is 0 Å². The van der Waals surface area contributed by atoms with E-state index in [0.717, 1.165) is 34.2 Å². The molecular weight excluding hydrogens is 544 g/mol. The van der Waals surface area contributed by atoms with Gasteiger partial charge in [0, 0.05) is 29.7 Å². The van der Waals surface area contributed by atoms with Crippen LogP contribution in [0.25, 0.3) is 0 Å². The number of carbonyl (C=O) groups is 2. The summed E-state index contributed by atoms with van der Waals surface area (Å²) in [5.74, 6) is 0.945. The highest BCUT2D eigenvalue weighted by molar-refractivity contribution is 9.10.